The SMILES string of the molecule is COc1ccc(CC(=O)Nc2ccc(N(C)c3ccccc3)nn2)cc1. The standard InChI is InChI=1S/C20H20N4O2/c1-24(16-6-4-3-5-7-16)19-13-12-18(22-23-19)21-20(25)14-15-8-10-17(26-2)11-9-15/h3-13H,14H2,1-2H3,(H,21,22,25). The zero-order chi connectivity index (χ0) is 18.4. The lowest BCUT2D eigenvalue weighted by molar-refractivity contribution is -0.115. The lowest BCUT2D eigenvalue weighted by atomic mass is 10.1. The fourth-order valence-electron chi connectivity index (χ4n) is 2.47. The molecule has 0 aliphatic heterocycles. The Balaban J connectivity index is 1.60. The number of amides is 1. The molecule has 6 heteroatoms. The number of nitrogens with one attached hydrogen (secondary N) is 1. The molecule has 6 nitrogen and oxygen atoms in total. The summed E-state index contributed by atoms with van der Waals surface area (Å²) in [5.41, 5.74) is 1.91. The Bertz CT molecular complexity index is 849. The van der Waals surface area contributed by atoms with Crippen LogP contribution >= 0.6 is 0 Å². The second-order valence-corrected chi connectivity index (χ2v) is 5.74. The molecule has 0 saturated heterocycles. The molecule has 0 unspecified atom stereocenters. The molecule has 0 saturated carbocycles. The van der Waals surface area contributed by atoms with Gasteiger partial charge in [0.2, 0.25) is 5.91 Å². The van der Waals surface area contributed by atoms with E-state index in [1.165, 1.54) is 0 Å². The summed E-state index contributed by atoms with van der Waals surface area (Å²) < 4.78 is 5.11. The van der Waals surface area contributed by atoms with E-state index in [-0.39, 0.29) is 12.3 Å². The molecular weight excluding hydrogens is 328 g/mol. The van der Waals surface area contributed by atoms with E-state index in [1.54, 1.807) is 13.2 Å². The molecule has 0 spiro atoms. The Morgan fingerprint density at radius 2 is 1.73 bits per heavy atom. The van der Waals surface area contributed by atoms with Gasteiger partial charge in [-0.15, -0.1) is 10.2 Å². The highest BCUT2D eigenvalue weighted by Crippen LogP contribution is 2.21. The summed E-state index contributed by atoms with van der Waals surface area (Å²) in [5, 5.41) is 11.0. The number of aromatic nitrogens is 2. The van der Waals surface area contributed by atoms with E-state index in [9.17, 15) is 4.79 Å². The molecule has 0 radical (unpaired) electrons. The highest BCUT2D eigenvalue weighted by atomic mass is 16.5. The number of hydrogen-bond acceptors (Lipinski definition) is 5. The zero-order valence-corrected chi connectivity index (χ0v) is 14.7. The summed E-state index contributed by atoms with van der Waals surface area (Å²) >= 11 is 0. The zero-order valence-electron chi connectivity index (χ0n) is 14.7. The second kappa shape index (κ2) is 8.11. The third-order valence-corrected chi connectivity index (χ3v) is 3.93. The average molecular weight is 348 g/mol. The molecule has 1 aromatic heterocycles. The third-order valence-electron chi connectivity index (χ3n) is 3.93. The Morgan fingerprint density at radius 3 is 2.35 bits per heavy atom. The summed E-state index contributed by atoms with van der Waals surface area (Å²) in [7, 11) is 3.53. The minimum atomic E-state index is -0.145. The smallest absolute Gasteiger partial charge is 0.229 e. The van der Waals surface area contributed by atoms with Crippen LogP contribution in [0.3, 0.4) is 0 Å². The Kier molecular flexibility index (Phi) is 5.43. The van der Waals surface area contributed by atoms with Crippen molar-refractivity contribution in [3.8, 4) is 5.75 Å². The highest BCUT2D eigenvalue weighted by Gasteiger charge is 2.08. The lowest BCUT2D eigenvalue weighted by Gasteiger charge is -2.17. The maximum absolute atomic E-state index is 12.2. The molecule has 1 N–H and O–H groups in total. The second-order valence-electron chi connectivity index (χ2n) is 5.74. The number of rotatable bonds is 6. The molecule has 3 aromatic rings. The quantitative estimate of drug-likeness (QED) is 0.739. The van der Waals surface area contributed by atoms with Crippen molar-refractivity contribution in [3.63, 3.8) is 0 Å². The topological polar surface area (TPSA) is 67.3 Å². The number of nitrogens with zero attached hydrogens (tertiary/aromatic N) is 3. The number of carbonyl (C=O) groups excluding carboxylic acids is 1. The van der Waals surface area contributed by atoms with Crippen LogP contribution in [-0.4, -0.2) is 30.3 Å². The van der Waals surface area contributed by atoms with Crippen molar-refractivity contribution in [2.24, 2.45) is 0 Å². The first-order chi connectivity index (χ1) is 12.7. The third kappa shape index (κ3) is 4.36. The summed E-state index contributed by atoms with van der Waals surface area (Å²) in [5.74, 6) is 1.74. The predicted octanol–water partition coefficient (Wildman–Crippen LogP) is 3.43. The van der Waals surface area contributed by atoms with Gasteiger partial charge in [-0.2, -0.15) is 0 Å². The van der Waals surface area contributed by atoms with Crippen LogP contribution in [-0.2, 0) is 11.2 Å². The first kappa shape index (κ1) is 17.4. The normalized spacial score (nSPS) is 10.2. The van der Waals surface area contributed by atoms with E-state index in [0.717, 1.165) is 17.0 Å². The number of hydrogen-bond donors (Lipinski definition) is 1. The molecular formula is C20H20N4O2. The van der Waals surface area contributed by atoms with Crippen molar-refractivity contribution in [1.82, 2.24) is 10.2 Å². The summed E-state index contributed by atoms with van der Waals surface area (Å²) in [6, 6.07) is 20.8. The molecule has 1 amide bonds. The van der Waals surface area contributed by atoms with Gasteiger partial charge >= 0.3 is 0 Å². The van der Waals surface area contributed by atoms with E-state index < -0.39 is 0 Å². The molecule has 3 rings (SSSR count). The van der Waals surface area contributed by atoms with Gasteiger partial charge < -0.3 is 15.0 Å². The molecule has 0 fully saturated rings. The summed E-state index contributed by atoms with van der Waals surface area (Å²) in [6.45, 7) is 0. The van der Waals surface area contributed by atoms with Crippen molar-refractivity contribution in [1.29, 1.82) is 0 Å². The van der Waals surface area contributed by atoms with Crippen molar-refractivity contribution in [2.75, 3.05) is 24.4 Å². The van der Waals surface area contributed by atoms with E-state index in [1.807, 2.05) is 72.6 Å². The summed E-state index contributed by atoms with van der Waals surface area (Å²) in [6.07, 6.45) is 0.261. The Hall–Kier alpha value is -3.41. The van der Waals surface area contributed by atoms with Gasteiger partial charge in [0.25, 0.3) is 0 Å². The van der Waals surface area contributed by atoms with E-state index in [0.29, 0.717) is 11.6 Å². The van der Waals surface area contributed by atoms with Crippen LogP contribution in [0.4, 0.5) is 17.3 Å². The number of carbonyl (C=O) groups is 1. The van der Waals surface area contributed by atoms with Crippen molar-refractivity contribution in [3.05, 3.63) is 72.3 Å². The largest absolute Gasteiger partial charge is 0.497 e. The van der Waals surface area contributed by atoms with Gasteiger partial charge in [0.05, 0.1) is 13.5 Å². The molecule has 26 heavy (non-hydrogen) atoms. The summed E-state index contributed by atoms with van der Waals surface area (Å²) in [4.78, 5) is 14.1. The van der Waals surface area contributed by atoms with Crippen LogP contribution in [0.5, 0.6) is 5.75 Å². The van der Waals surface area contributed by atoms with Crippen LogP contribution in [0.25, 0.3) is 0 Å². The van der Waals surface area contributed by atoms with Gasteiger partial charge in [-0.1, -0.05) is 30.3 Å². The van der Waals surface area contributed by atoms with Gasteiger partial charge in [0.15, 0.2) is 11.6 Å². The minimum Gasteiger partial charge on any atom is -0.497 e. The first-order valence-electron chi connectivity index (χ1n) is 8.21. The van der Waals surface area contributed by atoms with Gasteiger partial charge in [0, 0.05) is 12.7 Å². The molecule has 2 aromatic carbocycles. The number of ether oxygens (including phenoxy) is 1. The number of anilines is 3. The number of para-hydroxylation sites is 1. The predicted molar refractivity (Wildman–Crippen MR) is 102 cm³/mol. The van der Waals surface area contributed by atoms with Gasteiger partial charge in [-0.3, -0.25) is 4.79 Å². The average Bonchev–Trinajstić information content (AvgIpc) is 2.69. The van der Waals surface area contributed by atoms with Crippen LogP contribution in [0.2, 0.25) is 0 Å². The number of benzene rings is 2. The molecule has 0 bridgehead atoms. The monoisotopic (exact) mass is 348 g/mol. The van der Waals surface area contributed by atoms with Crippen LogP contribution in [0.15, 0.2) is 66.7 Å². The Morgan fingerprint density at radius 1 is 1.00 bits per heavy atom. The van der Waals surface area contributed by atoms with Gasteiger partial charge in [0.1, 0.15) is 5.75 Å². The molecule has 132 valence electrons. The van der Waals surface area contributed by atoms with Crippen LogP contribution < -0.4 is 15.0 Å². The van der Waals surface area contributed by atoms with Gasteiger partial charge in [-0.25, -0.2) is 0 Å². The fourth-order valence-corrected chi connectivity index (χ4v) is 2.47. The lowest BCUT2D eigenvalue weighted by Crippen LogP contribution is -2.17. The highest BCUT2D eigenvalue weighted by molar-refractivity contribution is 5.91. The van der Waals surface area contributed by atoms with E-state index in [2.05, 4.69) is 15.5 Å². The van der Waals surface area contributed by atoms with E-state index >= 15 is 0 Å². The fraction of sp³-hybridized carbons (Fsp3) is 0.150. The molecule has 1 heterocycles. The van der Waals surface area contributed by atoms with Crippen LogP contribution in [0, 0.1) is 0 Å². The maximum Gasteiger partial charge on any atom is 0.229 e. The Labute approximate surface area is 152 Å². The molecule has 0 atom stereocenters. The number of methoxy groups -OCH3 is 1. The van der Waals surface area contributed by atoms with Crippen molar-refractivity contribution < 1.29 is 9.53 Å². The van der Waals surface area contributed by atoms with Crippen LogP contribution in [0.1, 0.15) is 5.56 Å². The first-order valence-corrected chi connectivity index (χ1v) is 8.21. The molecule has 0 aliphatic carbocycles. The van der Waals surface area contributed by atoms with Crippen molar-refractivity contribution in [2.45, 2.75) is 6.42 Å². The minimum absolute atomic E-state index is 0.145. The van der Waals surface area contributed by atoms with Crippen molar-refractivity contribution >= 4 is 23.2 Å². The van der Waals surface area contributed by atoms with E-state index in [4.69, 9.17) is 4.74 Å². The maximum atomic E-state index is 12.2. The molecule has 0 aliphatic rings. The van der Waals surface area contributed by atoms with Gasteiger partial charge in [-0.05, 0) is 42.0 Å².